The van der Waals surface area contributed by atoms with Gasteiger partial charge in [-0.15, -0.1) is 0 Å². The van der Waals surface area contributed by atoms with Crippen molar-refractivity contribution in [3.8, 4) is 34.3 Å². The number of carbonyl (C=O) groups is 1. The third-order valence-corrected chi connectivity index (χ3v) is 5.68. The highest BCUT2D eigenvalue weighted by atomic mass is 35.5. The minimum atomic E-state index is -0.855. The van der Waals surface area contributed by atoms with Crippen LogP contribution in [-0.2, 0) is 4.79 Å². The number of hydrogen-bond donors (Lipinski definition) is 0. The van der Waals surface area contributed by atoms with Gasteiger partial charge in [0.15, 0.2) is 23.9 Å². The first-order chi connectivity index (χ1) is 16.8. The highest BCUT2D eigenvalue weighted by Gasteiger charge is 2.22. The summed E-state index contributed by atoms with van der Waals surface area (Å²) >= 11 is 18.0. The predicted octanol–water partition coefficient (Wildman–Crippen LogP) is 6.42. The number of fused-ring (bicyclic) bond motifs is 1. The Morgan fingerprint density at radius 2 is 1.54 bits per heavy atom. The van der Waals surface area contributed by atoms with Crippen molar-refractivity contribution in [2.75, 3.05) is 20.8 Å². The van der Waals surface area contributed by atoms with Crippen LogP contribution >= 0.6 is 34.8 Å². The number of carbonyl (C=O) groups excluding carboxylic acids is 1. The first kappa shape index (κ1) is 24.7. The molecule has 0 amide bonds. The van der Waals surface area contributed by atoms with E-state index >= 15 is 0 Å². The molecule has 0 atom stereocenters. The van der Waals surface area contributed by atoms with E-state index in [0.29, 0.717) is 27.1 Å². The van der Waals surface area contributed by atoms with E-state index in [1.54, 1.807) is 36.4 Å². The Bertz CT molecular complexity index is 1480. The molecule has 4 rings (SSSR count). The average Bonchev–Trinajstić information content (AvgIpc) is 2.85. The molecule has 10 heteroatoms. The van der Waals surface area contributed by atoms with E-state index in [2.05, 4.69) is 0 Å². The number of benzene rings is 3. The number of ether oxygens (including phenoxy) is 4. The molecule has 0 aliphatic rings. The van der Waals surface area contributed by atoms with Gasteiger partial charge in [-0.05, 0) is 54.6 Å². The lowest BCUT2D eigenvalue weighted by atomic mass is 10.1. The van der Waals surface area contributed by atoms with Crippen LogP contribution in [0.1, 0.15) is 0 Å². The molecule has 0 aliphatic heterocycles. The molecule has 35 heavy (non-hydrogen) atoms. The summed E-state index contributed by atoms with van der Waals surface area (Å²) in [6.45, 7) is -0.528. The Balaban J connectivity index is 1.74. The number of halogens is 3. The Kier molecular flexibility index (Phi) is 7.40. The van der Waals surface area contributed by atoms with Gasteiger partial charge in [0, 0.05) is 15.6 Å². The van der Waals surface area contributed by atoms with Crippen molar-refractivity contribution in [3.05, 3.63) is 79.9 Å². The van der Waals surface area contributed by atoms with Gasteiger partial charge in [-0.3, -0.25) is 4.79 Å². The van der Waals surface area contributed by atoms with Gasteiger partial charge >= 0.3 is 5.97 Å². The second-order valence-electron chi connectivity index (χ2n) is 7.14. The summed E-state index contributed by atoms with van der Waals surface area (Å²) in [6, 6.07) is 14.0. The van der Waals surface area contributed by atoms with Crippen molar-refractivity contribution < 1.29 is 28.2 Å². The van der Waals surface area contributed by atoms with Gasteiger partial charge in [0.1, 0.15) is 11.3 Å². The van der Waals surface area contributed by atoms with Gasteiger partial charge in [0.05, 0.1) is 24.6 Å². The first-order valence-electron chi connectivity index (χ1n) is 10.1. The van der Waals surface area contributed by atoms with E-state index in [-0.39, 0.29) is 33.3 Å². The van der Waals surface area contributed by atoms with Crippen LogP contribution in [0.15, 0.2) is 63.8 Å². The molecule has 4 aromatic rings. The normalized spacial score (nSPS) is 10.8. The van der Waals surface area contributed by atoms with Crippen molar-refractivity contribution in [1.82, 2.24) is 0 Å². The molecule has 0 saturated carbocycles. The molecular formula is C25H17Cl3O7. The van der Waals surface area contributed by atoms with Gasteiger partial charge in [0.2, 0.25) is 11.2 Å². The van der Waals surface area contributed by atoms with Crippen molar-refractivity contribution in [2.24, 2.45) is 0 Å². The summed E-state index contributed by atoms with van der Waals surface area (Å²) in [6.07, 6.45) is 0. The maximum atomic E-state index is 13.3. The lowest BCUT2D eigenvalue weighted by Crippen LogP contribution is -2.22. The van der Waals surface area contributed by atoms with Crippen molar-refractivity contribution in [1.29, 1.82) is 0 Å². The molecule has 0 saturated heterocycles. The summed E-state index contributed by atoms with van der Waals surface area (Å²) in [7, 11) is 2.97. The van der Waals surface area contributed by atoms with Crippen LogP contribution in [0, 0.1) is 0 Å². The lowest BCUT2D eigenvalue weighted by Gasteiger charge is -2.13. The van der Waals surface area contributed by atoms with Crippen LogP contribution in [0.2, 0.25) is 15.1 Å². The maximum absolute atomic E-state index is 13.3. The van der Waals surface area contributed by atoms with Gasteiger partial charge in [-0.25, -0.2) is 4.79 Å². The molecule has 180 valence electrons. The molecule has 0 radical (unpaired) electrons. The Morgan fingerprint density at radius 3 is 2.26 bits per heavy atom. The molecule has 0 bridgehead atoms. The molecular weight excluding hydrogens is 519 g/mol. The van der Waals surface area contributed by atoms with E-state index in [0.717, 1.165) is 0 Å². The molecule has 7 nitrogen and oxygen atoms in total. The Labute approximate surface area is 214 Å². The van der Waals surface area contributed by atoms with Crippen molar-refractivity contribution in [3.63, 3.8) is 0 Å². The third kappa shape index (κ3) is 5.32. The molecule has 3 aromatic carbocycles. The predicted molar refractivity (Wildman–Crippen MR) is 134 cm³/mol. The Morgan fingerprint density at radius 1 is 0.857 bits per heavy atom. The zero-order valence-corrected chi connectivity index (χ0v) is 20.7. The summed E-state index contributed by atoms with van der Waals surface area (Å²) < 4.78 is 27.5. The van der Waals surface area contributed by atoms with Crippen LogP contribution < -0.4 is 24.4 Å². The maximum Gasteiger partial charge on any atom is 0.349 e. The summed E-state index contributed by atoms with van der Waals surface area (Å²) in [5.41, 5.74) is 0.0886. The number of methoxy groups -OCH3 is 2. The lowest BCUT2D eigenvalue weighted by molar-refractivity contribution is -0.136. The Hall–Kier alpha value is -3.39. The molecule has 1 aromatic heterocycles. The smallest absolute Gasteiger partial charge is 0.349 e. The van der Waals surface area contributed by atoms with E-state index in [9.17, 15) is 9.59 Å². The van der Waals surface area contributed by atoms with Gasteiger partial charge < -0.3 is 23.4 Å². The molecule has 0 N–H and O–H groups in total. The monoisotopic (exact) mass is 534 g/mol. The highest BCUT2D eigenvalue weighted by Crippen LogP contribution is 2.37. The molecule has 0 fully saturated rings. The summed E-state index contributed by atoms with van der Waals surface area (Å²) in [5.74, 6) is -0.0804. The largest absolute Gasteiger partial charge is 0.493 e. The fourth-order valence-corrected chi connectivity index (χ4v) is 3.92. The average molecular weight is 536 g/mol. The summed E-state index contributed by atoms with van der Waals surface area (Å²) in [5, 5.41) is 1.10. The second kappa shape index (κ2) is 10.5. The van der Waals surface area contributed by atoms with E-state index in [1.165, 1.54) is 32.4 Å². The van der Waals surface area contributed by atoms with Gasteiger partial charge in [-0.1, -0.05) is 34.8 Å². The second-order valence-corrected chi connectivity index (χ2v) is 8.42. The number of rotatable bonds is 7. The minimum Gasteiger partial charge on any atom is -0.493 e. The summed E-state index contributed by atoms with van der Waals surface area (Å²) in [4.78, 5) is 26.0. The topological polar surface area (TPSA) is 84.2 Å². The van der Waals surface area contributed by atoms with Crippen LogP contribution in [-0.4, -0.2) is 26.8 Å². The van der Waals surface area contributed by atoms with Gasteiger partial charge in [0.25, 0.3) is 0 Å². The molecule has 1 heterocycles. The number of hydrogen-bond acceptors (Lipinski definition) is 7. The standard InChI is InChI=1S/C25H17Cl3O7/c1-31-20-6-3-13(9-21(20)32-2)24-25(23(30)16-10-14(26)4-7-18(16)34-24)35-22(29)12-33-19-8-5-15(27)11-17(19)28/h3-11H,12H2,1-2H3. The number of esters is 1. The van der Waals surface area contributed by atoms with Gasteiger partial charge in [-0.2, -0.15) is 0 Å². The van der Waals surface area contributed by atoms with E-state index in [4.69, 9.17) is 58.2 Å². The van der Waals surface area contributed by atoms with Crippen LogP contribution in [0.3, 0.4) is 0 Å². The SMILES string of the molecule is COc1ccc(-c2oc3ccc(Cl)cc3c(=O)c2OC(=O)COc2ccc(Cl)cc2Cl)cc1OC. The van der Waals surface area contributed by atoms with Crippen molar-refractivity contribution >= 4 is 51.7 Å². The highest BCUT2D eigenvalue weighted by molar-refractivity contribution is 6.35. The molecule has 0 aliphatic carbocycles. The zero-order chi connectivity index (χ0) is 25.1. The first-order valence-corrected chi connectivity index (χ1v) is 11.2. The van der Waals surface area contributed by atoms with Crippen molar-refractivity contribution in [2.45, 2.75) is 0 Å². The zero-order valence-electron chi connectivity index (χ0n) is 18.4. The van der Waals surface area contributed by atoms with Crippen LogP contribution in [0.5, 0.6) is 23.0 Å². The quantitative estimate of drug-likeness (QED) is 0.252. The fraction of sp³-hybridized carbons (Fsp3) is 0.120. The molecule has 0 spiro atoms. The van der Waals surface area contributed by atoms with Crippen LogP contribution in [0.25, 0.3) is 22.3 Å². The van der Waals surface area contributed by atoms with Crippen LogP contribution in [0.4, 0.5) is 0 Å². The fourth-order valence-electron chi connectivity index (χ4n) is 3.28. The minimum absolute atomic E-state index is 0.0173. The van der Waals surface area contributed by atoms with E-state index in [1.807, 2.05) is 0 Å². The molecule has 0 unspecified atom stereocenters. The van der Waals surface area contributed by atoms with E-state index < -0.39 is 18.0 Å². The third-order valence-electron chi connectivity index (χ3n) is 4.91.